The summed E-state index contributed by atoms with van der Waals surface area (Å²) in [5.41, 5.74) is 0.144. The minimum Gasteiger partial charge on any atom is -0.379 e. The maximum atomic E-state index is 12.5. The third-order valence-corrected chi connectivity index (χ3v) is 6.06. The number of hydrogen-bond donors (Lipinski definition) is 1. The van der Waals surface area contributed by atoms with Crippen LogP contribution in [0.2, 0.25) is 0 Å². The van der Waals surface area contributed by atoms with Gasteiger partial charge in [0.2, 0.25) is 10.0 Å². The molecule has 0 radical (unpaired) electrons. The van der Waals surface area contributed by atoms with Crippen molar-refractivity contribution in [3.05, 3.63) is 11.5 Å². The zero-order valence-corrected chi connectivity index (χ0v) is 14.5. The van der Waals surface area contributed by atoms with Crippen molar-refractivity contribution in [1.29, 1.82) is 0 Å². The molecule has 126 valence electrons. The summed E-state index contributed by atoms with van der Waals surface area (Å²) in [5.74, 6) is 0.314. The van der Waals surface area contributed by atoms with Crippen LogP contribution in [0.4, 0.5) is 0 Å². The van der Waals surface area contributed by atoms with E-state index in [1.807, 2.05) is 0 Å². The van der Waals surface area contributed by atoms with Gasteiger partial charge in [-0.3, -0.25) is 4.90 Å². The van der Waals surface area contributed by atoms with Gasteiger partial charge in [0.1, 0.15) is 10.6 Å². The molecule has 0 amide bonds. The second-order valence-electron chi connectivity index (χ2n) is 5.93. The van der Waals surface area contributed by atoms with Crippen LogP contribution >= 0.6 is 0 Å². The standard InChI is InChI=1S/C14H25N3O4S/c1-5-14(4,17-6-8-20-9-7-17)10-15-22(18,19)13-11(2)16-21-12(13)3/h15H,5-10H2,1-4H3/t14-/m0/s1. The van der Waals surface area contributed by atoms with E-state index in [-0.39, 0.29) is 10.4 Å². The largest absolute Gasteiger partial charge is 0.379 e. The number of rotatable bonds is 6. The van der Waals surface area contributed by atoms with E-state index in [0.29, 0.717) is 31.2 Å². The van der Waals surface area contributed by atoms with E-state index in [1.54, 1.807) is 13.8 Å². The molecular weight excluding hydrogens is 306 g/mol. The minimum atomic E-state index is -3.62. The summed E-state index contributed by atoms with van der Waals surface area (Å²) in [4.78, 5) is 2.43. The van der Waals surface area contributed by atoms with Crippen LogP contribution in [0.15, 0.2) is 9.42 Å². The Bertz CT molecular complexity index is 588. The molecule has 8 heteroatoms. The fourth-order valence-corrected chi connectivity index (χ4v) is 4.23. The summed E-state index contributed by atoms with van der Waals surface area (Å²) in [5, 5.41) is 3.72. The number of hydrogen-bond acceptors (Lipinski definition) is 6. The highest BCUT2D eigenvalue weighted by Gasteiger charge is 2.34. The van der Waals surface area contributed by atoms with Gasteiger partial charge in [0.25, 0.3) is 0 Å². The SMILES string of the molecule is CC[C@@](C)(CNS(=O)(=O)c1c(C)noc1C)N1CCOCC1. The van der Waals surface area contributed by atoms with Gasteiger partial charge in [0.15, 0.2) is 5.76 Å². The molecule has 22 heavy (non-hydrogen) atoms. The lowest BCUT2D eigenvalue weighted by molar-refractivity contribution is -0.0157. The van der Waals surface area contributed by atoms with Gasteiger partial charge >= 0.3 is 0 Å². The van der Waals surface area contributed by atoms with Crippen molar-refractivity contribution in [2.45, 2.75) is 44.6 Å². The van der Waals surface area contributed by atoms with E-state index >= 15 is 0 Å². The first-order valence-corrected chi connectivity index (χ1v) is 9.04. The van der Waals surface area contributed by atoms with Crippen LogP contribution in [0.1, 0.15) is 31.7 Å². The lowest BCUT2D eigenvalue weighted by Crippen LogP contribution is -2.56. The van der Waals surface area contributed by atoms with Gasteiger partial charge in [-0.2, -0.15) is 0 Å². The Hall–Kier alpha value is -0.960. The molecule has 0 unspecified atom stereocenters. The predicted molar refractivity (Wildman–Crippen MR) is 82.3 cm³/mol. The summed E-state index contributed by atoms with van der Waals surface area (Å²) in [7, 11) is -3.62. The molecule has 0 bridgehead atoms. The Balaban J connectivity index is 2.12. The molecule has 1 aliphatic rings. The second kappa shape index (κ2) is 6.66. The molecular formula is C14H25N3O4S. The first-order chi connectivity index (χ1) is 10.3. The maximum Gasteiger partial charge on any atom is 0.246 e. The predicted octanol–water partition coefficient (Wildman–Crippen LogP) is 1.07. The molecule has 1 aliphatic heterocycles. The minimum absolute atomic E-state index is 0.146. The highest BCUT2D eigenvalue weighted by atomic mass is 32.2. The van der Waals surface area contributed by atoms with Crippen LogP contribution < -0.4 is 4.72 Å². The number of morpholine rings is 1. The van der Waals surface area contributed by atoms with Crippen LogP contribution in [0.5, 0.6) is 0 Å². The summed E-state index contributed by atoms with van der Waals surface area (Å²) < 4.78 is 38.1. The number of sulfonamides is 1. The fourth-order valence-electron chi connectivity index (χ4n) is 2.74. The lowest BCUT2D eigenvalue weighted by atomic mass is 9.96. The number of ether oxygens (including phenoxy) is 1. The van der Waals surface area contributed by atoms with Gasteiger partial charge in [-0.1, -0.05) is 12.1 Å². The molecule has 1 saturated heterocycles. The summed E-state index contributed by atoms with van der Waals surface area (Å²) >= 11 is 0. The Morgan fingerprint density at radius 1 is 1.32 bits per heavy atom. The Morgan fingerprint density at radius 2 is 1.95 bits per heavy atom. The van der Waals surface area contributed by atoms with Crippen LogP contribution in [0.25, 0.3) is 0 Å². The lowest BCUT2D eigenvalue weighted by Gasteiger charge is -2.42. The van der Waals surface area contributed by atoms with Crippen LogP contribution in [0.3, 0.4) is 0 Å². The van der Waals surface area contributed by atoms with Crippen LogP contribution in [-0.2, 0) is 14.8 Å². The molecule has 2 rings (SSSR count). The van der Waals surface area contributed by atoms with Crippen molar-refractivity contribution in [3.8, 4) is 0 Å². The first-order valence-electron chi connectivity index (χ1n) is 7.55. The highest BCUT2D eigenvalue weighted by molar-refractivity contribution is 7.89. The molecule has 0 saturated carbocycles. The van der Waals surface area contributed by atoms with Crippen LogP contribution in [-0.4, -0.2) is 56.9 Å². The highest BCUT2D eigenvalue weighted by Crippen LogP contribution is 2.23. The van der Waals surface area contributed by atoms with Crippen molar-refractivity contribution in [3.63, 3.8) is 0 Å². The number of nitrogens with zero attached hydrogens (tertiary/aromatic N) is 2. The average molecular weight is 331 g/mol. The van der Waals surface area contributed by atoms with Gasteiger partial charge in [0.05, 0.1) is 13.2 Å². The third kappa shape index (κ3) is 3.51. The molecule has 7 nitrogen and oxygen atoms in total. The van der Waals surface area contributed by atoms with E-state index in [0.717, 1.165) is 19.5 Å². The summed E-state index contributed by atoms with van der Waals surface area (Å²) in [6.45, 7) is 10.7. The number of aryl methyl sites for hydroxylation is 2. The zero-order valence-electron chi connectivity index (χ0n) is 13.7. The normalized spacial score (nSPS) is 20.0. The number of aromatic nitrogens is 1. The first kappa shape index (κ1) is 17.4. The van der Waals surface area contributed by atoms with E-state index in [1.165, 1.54) is 0 Å². The molecule has 1 atom stereocenters. The van der Waals surface area contributed by atoms with Crippen molar-refractivity contribution >= 4 is 10.0 Å². The Morgan fingerprint density at radius 3 is 2.45 bits per heavy atom. The third-order valence-electron chi connectivity index (χ3n) is 4.42. The van der Waals surface area contributed by atoms with Crippen LogP contribution in [0, 0.1) is 13.8 Å². The molecule has 1 aromatic rings. The van der Waals surface area contributed by atoms with Gasteiger partial charge in [-0.25, -0.2) is 13.1 Å². The van der Waals surface area contributed by atoms with Gasteiger partial charge < -0.3 is 9.26 Å². The molecule has 1 N–H and O–H groups in total. The van der Waals surface area contributed by atoms with Gasteiger partial charge in [-0.05, 0) is 27.2 Å². The smallest absolute Gasteiger partial charge is 0.246 e. The topological polar surface area (TPSA) is 84.7 Å². The summed E-state index contributed by atoms with van der Waals surface area (Å²) in [6.07, 6.45) is 0.844. The Labute approximate surface area is 132 Å². The summed E-state index contributed by atoms with van der Waals surface area (Å²) in [6, 6.07) is 0. The van der Waals surface area contributed by atoms with Gasteiger partial charge in [0, 0.05) is 25.2 Å². The Kier molecular flexibility index (Phi) is 5.26. The second-order valence-corrected chi connectivity index (χ2v) is 7.63. The van der Waals surface area contributed by atoms with E-state index in [9.17, 15) is 8.42 Å². The number of nitrogens with one attached hydrogen (secondary N) is 1. The molecule has 1 fully saturated rings. The average Bonchev–Trinajstić information content (AvgIpc) is 2.85. The monoisotopic (exact) mass is 331 g/mol. The van der Waals surface area contributed by atoms with Crippen molar-refractivity contribution in [2.75, 3.05) is 32.8 Å². The molecule has 2 heterocycles. The van der Waals surface area contributed by atoms with Crippen molar-refractivity contribution in [1.82, 2.24) is 14.8 Å². The molecule has 0 aromatic carbocycles. The van der Waals surface area contributed by atoms with E-state index in [4.69, 9.17) is 9.26 Å². The molecule has 0 aliphatic carbocycles. The zero-order chi connectivity index (χ0) is 16.4. The van der Waals surface area contributed by atoms with Crippen molar-refractivity contribution in [2.24, 2.45) is 0 Å². The molecule has 0 spiro atoms. The van der Waals surface area contributed by atoms with E-state index in [2.05, 4.69) is 28.6 Å². The van der Waals surface area contributed by atoms with Crippen molar-refractivity contribution < 1.29 is 17.7 Å². The molecule has 1 aromatic heterocycles. The van der Waals surface area contributed by atoms with Gasteiger partial charge in [-0.15, -0.1) is 0 Å². The quantitative estimate of drug-likeness (QED) is 0.839. The fraction of sp³-hybridized carbons (Fsp3) is 0.786. The maximum absolute atomic E-state index is 12.5. The van der Waals surface area contributed by atoms with E-state index < -0.39 is 10.0 Å².